The molecule has 2 fully saturated rings. The minimum atomic E-state index is -4.33. The zero-order valence-electron chi connectivity index (χ0n) is 15.6. The van der Waals surface area contributed by atoms with Crippen molar-refractivity contribution in [2.75, 3.05) is 13.1 Å². The Hall–Kier alpha value is -2.45. The average Bonchev–Trinajstić information content (AvgIpc) is 3.39. The lowest BCUT2D eigenvalue weighted by molar-refractivity contribution is -0.138. The molecule has 0 spiro atoms. The van der Waals surface area contributed by atoms with Crippen molar-refractivity contribution in [3.05, 3.63) is 59.4 Å². The molecule has 8 heteroatoms. The Bertz CT molecular complexity index is 1020. The van der Waals surface area contributed by atoms with Crippen LogP contribution >= 0.6 is 0 Å². The minimum Gasteiger partial charge on any atom is -0.372 e. The number of alkyl halides is 3. The number of hydrogen-bond donors (Lipinski definition) is 2. The van der Waals surface area contributed by atoms with Gasteiger partial charge < -0.3 is 5.11 Å². The van der Waals surface area contributed by atoms with E-state index >= 15 is 0 Å². The van der Waals surface area contributed by atoms with Crippen molar-refractivity contribution >= 4 is 11.0 Å². The molecule has 0 bridgehead atoms. The SMILES string of the molecule is OC(c1[nH]nc2ncccc12)N1C[C@H]2CC(c3ccccc3C(F)(F)F)C[C@H]2C1. The van der Waals surface area contributed by atoms with E-state index in [1.54, 1.807) is 24.4 Å². The highest BCUT2D eigenvalue weighted by Gasteiger charge is 2.45. The second kappa shape index (κ2) is 6.81. The summed E-state index contributed by atoms with van der Waals surface area (Å²) in [6.07, 6.45) is -2.07. The molecular weight excluding hydrogens is 381 g/mol. The third-order valence-corrected chi connectivity index (χ3v) is 6.45. The molecule has 3 heterocycles. The van der Waals surface area contributed by atoms with Crippen LogP contribution in [0, 0.1) is 11.8 Å². The summed E-state index contributed by atoms with van der Waals surface area (Å²) in [7, 11) is 0. The van der Waals surface area contributed by atoms with Crippen LogP contribution in [-0.4, -0.2) is 38.3 Å². The molecule has 152 valence electrons. The highest BCUT2D eigenvalue weighted by molar-refractivity contribution is 5.77. The van der Waals surface area contributed by atoms with Crippen LogP contribution in [0.3, 0.4) is 0 Å². The van der Waals surface area contributed by atoms with Crippen molar-refractivity contribution in [1.29, 1.82) is 0 Å². The van der Waals surface area contributed by atoms with Gasteiger partial charge >= 0.3 is 6.18 Å². The fraction of sp³-hybridized carbons (Fsp3) is 0.429. The van der Waals surface area contributed by atoms with Gasteiger partial charge in [0.2, 0.25) is 0 Å². The van der Waals surface area contributed by atoms with E-state index in [1.807, 2.05) is 11.0 Å². The van der Waals surface area contributed by atoms with Gasteiger partial charge in [-0.05, 0) is 54.4 Å². The number of halogens is 3. The molecule has 4 atom stereocenters. The van der Waals surface area contributed by atoms with Crippen molar-refractivity contribution in [2.45, 2.75) is 31.2 Å². The van der Waals surface area contributed by atoms with Crippen LogP contribution in [0.5, 0.6) is 0 Å². The summed E-state index contributed by atoms with van der Waals surface area (Å²) in [4.78, 5) is 6.16. The molecule has 1 saturated carbocycles. The number of aliphatic hydroxyl groups is 1. The number of rotatable bonds is 3. The molecule has 1 aromatic carbocycles. The average molecular weight is 402 g/mol. The number of fused-ring (bicyclic) bond motifs is 2. The van der Waals surface area contributed by atoms with Gasteiger partial charge in [-0.25, -0.2) is 4.98 Å². The Labute approximate surface area is 165 Å². The number of nitrogens with one attached hydrogen (secondary N) is 1. The van der Waals surface area contributed by atoms with Gasteiger partial charge in [0.05, 0.1) is 11.3 Å². The lowest BCUT2D eigenvalue weighted by Gasteiger charge is -2.24. The number of aromatic amines is 1. The predicted octanol–water partition coefficient (Wildman–Crippen LogP) is 4.09. The third kappa shape index (κ3) is 3.20. The second-order valence-corrected chi connectivity index (χ2v) is 8.11. The van der Waals surface area contributed by atoms with Gasteiger partial charge in [-0.2, -0.15) is 18.3 Å². The van der Waals surface area contributed by atoms with E-state index in [0.29, 0.717) is 42.8 Å². The smallest absolute Gasteiger partial charge is 0.372 e. The third-order valence-electron chi connectivity index (χ3n) is 6.45. The Morgan fingerprint density at radius 1 is 1.07 bits per heavy atom. The fourth-order valence-electron chi connectivity index (χ4n) is 5.15. The van der Waals surface area contributed by atoms with E-state index < -0.39 is 18.0 Å². The van der Waals surface area contributed by atoms with E-state index in [0.717, 1.165) is 5.39 Å². The number of hydrogen-bond acceptors (Lipinski definition) is 4. The number of H-pyrrole nitrogens is 1. The molecule has 2 aliphatic rings. The largest absolute Gasteiger partial charge is 0.416 e. The van der Waals surface area contributed by atoms with Gasteiger partial charge in [0.25, 0.3) is 0 Å². The first kappa shape index (κ1) is 18.6. The maximum absolute atomic E-state index is 13.4. The maximum Gasteiger partial charge on any atom is 0.416 e. The normalized spacial score (nSPS) is 26.1. The topological polar surface area (TPSA) is 65.0 Å². The zero-order chi connectivity index (χ0) is 20.2. The number of nitrogens with zero attached hydrogens (tertiary/aromatic N) is 3. The van der Waals surface area contributed by atoms with Gasteiger partial charge in [0.15, 0.2) is 11.9 Å². The monoisotopic (exact) mass is 402 g/mol. The predicted molar refractivity (Wildman–Crippen MR) is 101 cm³/mol. The molecule has 1 saturated heterocycles. The van der Waals surface area contributed by atoms with Crippen molar-refractivity contribution in [2.24, 2.45) is 11.8 Å². The van der Waals surface area contributed by atoms with Gasteiger partial charge in [-0.1, -0.05) is 18.2 Å². The van der Waals surface area contributed by atoms with E-state index in [1.165, 1.54) is 12.1 Å². The molecular formula is C21H21F3N4O. The van der Waals surface area contributed by atoms with Crippen LogP contribution in [-0.2, 0) is 6.18 Å². The van der Waals surface area contributed by atoms with Crippen LogP contribution < -0.4 is 0 Å². The molecule has 2 N–H and O–H groups in total. The number of pyridine rings is 1. The summed E-state index contributed by atoms with van der Waals surface area (Å²) < 4.78 is 40.2. The van der Waals surface area contributed by atoms with Gasteiger partial charge in [-0.3, -0.25) is 10.00 Å². The first-order valence-corrected chi connectivity index (χ1v) is 9.79. The Morgan fingerprint density at radius 3 is 2.52 bits per heavy atom. The van der Waals surface area contributed by atoms with E-state index in [9.17, 15) is 18.3 Å². The molecule has 0 amide bonds. The van der Waals surface area contributed by atoms with Crippen molar-refractivity contribution < 1.29 is 18.3 Å². The van der Waals surface area contributed by atoms with Crippen molar-refractivity contribution in [1.82, 2.24) is 20.1 Å². The number of aliphatic hydroxyl groups excluding tert-OH is 1. The Morgan fingerprint density at radius 2 is 1.79 bits per heavy atom. The molecule has 5 rings (SSSR count). The number of aromatic nitrogens is 3. The van der Waals surface area contributed by atoms with Gasteiger partial charge in [0, 0.05) is 24.7 Å². The molecule has 2 unspecified atom stereocenters. The van der Waals surface area contributed by atoms with Crippen molar-refractivity contribution in [3.8, 4) is 0 Å². The molecule has 5 nitrogen and oxygen atoms in total. The summed E-state index contributed by atoms with van der Waals surface area (Å²) in [6.45, 7) is 1.33. The lowest BCUT2D eigenvalue weighted by atomic mass is 9.91. The maximum atomic E-state index is 13.4. The van der Waals surface area contributed by atoms with E-state index in [-0.39, 0.29) is 17.8 Å². The highest BCUT2D eigenvalue weighted by atomic mass is 19.4. The Kier molecular flexibility index (Phi) is 4.36. The van der Waals surface area contributed by atoms with E-state index in [2.05, 4.69) is 15.2 Å². The highest BCUT2D eigenvalue weighted by Crippen LogP contribution is 2.49. The van der Waals surface area contributed by atoms with Gasteiger partial charge in [0.1, 0.15) is 0 Å². The summed E-state index contributed by atoms with van der Waals surface area (Å²) in [6, 6.07) is 9.60. The number of likely N-dealkylation sites (tertiary alicyclic amines) is 1. The summed E-state index contributed by atoms with van der Waals surface area (Å²) >= 11 is 0. The minimum absolute atomic E-state index is 0.0840. The van der Waals surface area contributed by atoms with Crippen LogP contribution in [0.25, 0.3) is 11.0 Å². The van der Waals surface area contributed by atoms with Crippen LogP contribution in [0.1, 0.15) is 41.8 Å². The van der Waals surface area contributed by atoms with Crippen molar-refractivity contribution in [3.63, 3.8) is 0 Å². The molecule has 1 aliphatic carbocycles. The summed E-state index contributed by atoms with van der Waals surface area (Å²) in [5.74, 6) is 0.478. The Balaban J connectivity index is 1.32. The van der Waals surface area contributed by atoms with Gasteiger partial charge in [-0.15, -0.1) is 0 Å². The second-order valence-electron chi connectivity index (χ2n) is 8.11. The van der Waals surface area contributed by atoms with Crippen LogP contribution in [0.2, 0.25) is 0 Å². The molecule has 3 aromatic rings. The number of benzene rings is 1. The molecule has 2 aromatic heterocycles. The summed E-state index contributed by atoms with van der Waals surface area (Å²) in [5, 5.41) is 18.7. The van der Waals surface area contributed by atoms with Crippen LogP contribution in [0.4, 0.5) is 13.2 Å². The molecule has 1 aliphatic heterocycles. The standard InChI is InChI=1S/C21H21F3N4O/c22-21(23,24)17-6-2-1-4-15(17)12-8-13-10-28(11-14(13)9-12)20(29)18-16-5-3-7-25-19(16)27-26-18/h1-7,12-14,20,29H,8-11H2,(H,25,26,27)/t12?,13-,14+,20?. The van der Waals surface area contributed by atoms with E-state index in [4.69, 9.17) is 0 Å². The quantitative estimate of drug-likeness (QED) is 0.693. The zero-order valence-corrected chi connectivity index (χ0v) is 15.6. The lowest BCUT2D eigenvalue weighted by Crippen LogP contribution is -2.28. The first-order valence-electron chi connectivity index (χ1n) is 9.79. The fourth-order valence-corrected chi connectivity index (χ4v) is 5.15. The van der Waals surface area contributed by atoms with Crippen LogP contribution in [0.15, 0.2) is 42.6 Å². The summed E-state index contributed by atoms with van der Waals surface area (Å²) in [5.41, 5.74) is 1.07. The first-order chi connectivity index (χ1) is 13.9. The molecule has 29 heavy (non-hydrogen) atoms. The molecule has 0 radical (unpaired) electrons.